The van der Waals surface area contributed by atoms with Gasteiger partial charge in [0.1, 0.15) is 0 Å². The highest BCUT2D eigenvalue weighted by Crippen LogP contribution is 2.16. The lowest BCUT2D eigenvalue weighted by atomic mass is 10.2. The molecule has 0 spiro atoms. The zero-order chi connectivity index (χ0) is 8.43. The van der Waals surface area contributed by atoms with Gasteiger partial charge in [-0.1, -0.05) is 0 Å². The highest BCUT2D eigenvalue weighted by molar-refractivity contribution is 5.33. The lowest BCUT2D eigenvalue weighted by molar-refractivity contribution is -0.387. The summed E-state index contributed by atoms with van der Waals surface area (Å²) in [7, 11) is 0. The first kappa shape index (κ1) is 7.65. The largest absolute Gasteiger partial charge is 0.305 e. The Morgan fingerprint density at radius 3 is 2.82 bits per heavy atom. The van der Waals surface area contributed by atoms with Gasteiger partial charge in [0.05, 0.1) is 4.92 Å². The van der Waals surface area contributed by atoms with Gasteiger partial charge in [-0.3, -0.25) is 10.1 Å². The van der Waals surface area contributed by atoms with E-state index in [4.69, 9.17) is 0 Å². The maximum Gasteiger partial charge on any atom is 0.305 e. The molecule has 0 saturated carbocycles. The van der Waals surface area contributed by atoms with Crippen molar-refractivity contribution in [2.75, 3.05) is 0 Å². The van der Waals surface area contributed by atoms with Crippen LogP contribution in [0, 0.1) is 28.9 Å². The van der Waals surface area contributed by atoms with Crippen LogP contribution in [0.4, 0.5) is 10.1 Å². The van der Waals surface area contributed by atoms with E-state index < -0.39 is 16.4 Å². The Balaban J connectivity index is 3.20. The summed E-state index contributed by atoms with van der Waals surface area (Å²) in [5.41, 5.74) is 0.0173. The molecule has 0 aromatic heterocycles. The minimum absolute atomic E-state index is 0.532. The Bertz CT molecular complexity index is 298. The monoisotopic (exact) mass is 154 g/mol. The Hall–Kier alpha value is -1.45. The molecule has 0 unspecified atom stereocenters. The molecule has 0 amide bonds. The van der Waals surface area contributed by atoms with Gasteiger partial charge in [-0.2, -0.15) is 4.39 Å². The minimum atomic E-state index is -0.814. The normalized spacial score (nSPS) is 9.64. The predicted octanol–water partition coefficient (Wildman–Crippen LogP) is 1.84. The fourth-order valence-electron chi connectivity index (χ4n) is 0.697. The number of aryl methyl sites for hydroxylation is 1. The van der Waals surface area contributed by atoms with Crippen LogP contribution in [0.2, 0.25) is 0 Å². The lowest BCUT2D eigenvalue weighted by Gasteiger charge is -1.93. The van der Waals surface area contributed by atoms with Crippen molar-refractivity contribution in [2.24, 2.45) is 0 Å². The summed E-state index contributed by atoms with van der Waals surface area (Å²) >= 11 is 0. The second kappa shape index (κ2) is 2.65. The van der Waals surface area contributed by atoms with E-state index >= 15 is 0 Å². The summed E-state index contributed by atoms with van der Waals surface area (Å²) in [6.07, 6.45) is 0. The summed E-state index contributed by atoms with van der Waals surface area (Å²) in [4.78, 5) is 9.31. The SMILES string of the molecule is Cc1[c]cc([N+](=O)[O-])c(F)c1. The van der Waals surface area contributed by atoms with E-state index in [1.54, 1.807) is 6.92 Å². The van der Waals surface area contributed by atoms with Gasteiger partial charge < -0.3 is 0 Å². The van der Waals surface area contributed by atoms with Gasteiger partial charge in [0.2, 0.25) is 5.82 Å². The average molecular weight is 154 g/mol. The Kier molecular flexibility index (Phi) is 1.85. The molecular formula is C7H5FNO2. The van der Waals surface area contributed by atoms with Gasteiger partial charge in [0.25, 0.3) is 0 Å². The van der Waals surface area contributed by atoms with Crippen molar-refractivity contribution in [2.45, 2.75) is 6.92 Å². The molecule has 3 nitrogen and oxygen atoms in total. The molecule has 1 rings (SSSR count). The number of hydrogen-bond acceptors (Lipinski definition) is 2. The van der Waals surface area contributed by atoms with Crippen LogP contribution in [0.3, 0.4) is 0 Å². The second-order valence-corrected chi connectivity index (χ2v) is 2.11. The molecule has 0 aliphatic rings. The maximum absolute atomic E-state index is 12.6. The molecule has 0 N–H and O–H groups in total. The molecule has 1 radical (unpaired) electrons. The molecule has 0 fully saturated rings. The molecule has 0 heterocycles. The highest BCUT2D eigenvalue weighted by atomic mass is 19.1. The number of nitro groups is 1. The number of rotatable bonds is 1. The van der Waals surface area contributed by atoms with Crippen molar-refractivity contribution >= 4 is 5.69 Å². The van der Waals surface area contributed by atoms with Crippen LogP contribution >= 0.6 is 0 Å². The summed E-state index contributed by atoms with van der Waals surface area (Å²) in [6.45, 7) is 1.62. The van der Waals surface area contributed by atoms with Crippen molar-refractivity contribution in [1.82, 2.24) is 0 Å². The van der Waals surface area contributed by atoms with Crippen LogP contribution < -0.4 is 0 Å². The lowest BCUT2D eigenvalue weighted by Crippen LogP contribution is -1.92. The summed E-state index contributed by atoms with van der Waals surface area (Å²) in [5, 5.41) is 10.1. The highest BCUT2D eigenvalue weighted by Gasteiger charge is 2.12. The molecule has 0 aliphatic heterocycles. The van der Waals surface area contributed by atoms with Crippen molar-refractivity contribution < 1.29 is 9.31 Å². The standard InChI is InChI=1S/C7H5FNO2/c1-5-2-3-7(9(10)11)6(8)4-5/h3-4H,1H3. The quantitative estimate of drug-likeness (QED) is 0.457. The molecule has 0 saturated heterocycles. The van der Waals surface area contributed by atoms with E-state index in [1.807, 2.05) is 0 Å². The molecule has 0 atom stereocenters. The van der Waals surface area contributed by atoms with Gasteiger partial charge in [-0.15, -0.1) is 0 Å². The smallest absolute Gasteiger partial charge is 0.258 e. The molecular weight excluding hydrogens is 149 g/mol. The van der Waals surface area contributed by atoms with Crippen LogP contribution in [0.15, 0.2) is 12.1 Å². The number of hydrogen-bond donors (Lipinski definition) is 0. The molecule has 11 heavy (non-hydrogen) atoms. The molecule has 4 heteroatoms. The first-order chi connectivity index (χ1) is 5.11. The van der Waals surface area contributed by atoms with E-state index in [0.717, 1.165) is 12.1 Å². The van der Waals surface area contributed by atoms with Gasteiger partial charge >= 0.3 is 5.69 Å². The number of halogens is 1. The number of nitro benzene ring substituents is 1. The average Bonchev–Trinajstić information content (AvgIpc) is 1.85. The third kappa shape index (κ3) is 1.52. The zero-order valence-electron chi connectivity index (χ0n) is 5.80. The van der Waals surface area contributed by atoms with Crippen molar-refractivity contribution in [1.29, 1.82) is 0 Å². The first-order valence-corrected chi connectivity index (χ1v) is 2.93. The Morgan fingerprint density at radius 2 is 2.36 bits per heavy atom. The van der Waals surface area contributed by atoms with Gasteiger partial charge in [0, 0.05) is 6.07 Å². The topological polar surface area (TPSA) is 43.1 Å². The van der Waals surface area contributed by atoms with Crippen molar-refractivity contribution in [3.8, 4) is 0 Å². The third-order valence-electron chi connectivity index (χ3n) is 1.22. The van der Waals surface area contributed by atoms with E-state index in [9.17, 15) is 14.5 Å². The predicted molar refractivity (Wildman–Crippen MR) is 36.6 cm³/mol. The van der Waals surface area contributed by atoms with Crippen LogP contribution in [0.5, 0.6) is 0 Å². The third-order valence-corrected chi connectivity index (χ3v) is 1.22. The van der Waals surface area contributed by atoms with Gasteiger partial charge in [-0.25, -0.2) is 0 Å². The van der Waals surface area contributed by atoms with Crippen LogP contribution in [0.1, 0.15) is 5.56 Å². The summed E-state index contributed by atoms with van der Waals surface area (Å²) < 4.78 is 12.6. The van der Waals surface area contributed by atoms with Crippen LogP contribution in [-0.2, 0) is 0 Å². The van der Waals surface area contributed by atoms with Crippen molar-refractivity contribution in [3.05, 3.63) is 39.7 Å². The van der Waals surface area contributed by atoms with Gasteiger partial charge in [-0.05, 0) is 24.6 Å². The maximum atomic E-state index is 12.6. The fourth-order valence-corrected chi connectivity index (χ4v) is 0.697. The Labute approximate surface area is 62.6 Å². The van der Waals surface area contributed by atoms with E-state index in [0.29, 0.717) is 5.56 Å². The van der Waals surface area contributed by atoms with Crippen LogP contribution in [-0.4, -0.2) is 4.92 Å². The van der Waals surface area contributed by atoms with E-state index in [-0.39, 0.29) is 0 Å². The fraction of sp³-hybridized carbons (Fsp3) is 0.143. The number of benzene rings is 1. The molecule has 0 bridgehead atoms. The molecule has 0 aliphatic carbocycles. The molecule has 1 aromatic carbocycles. The summed E-state index contributed by atoms with van der Waals surface area (Å²) in [6, 6.07) is 4.65. The van der Waals surface area contributed by atoms with Gasteiger partial charge in [0.15, 0.2) is 0 Å². The zero-order valence-corrected chi connectivity index (χ0v) is 5.80. The minimum Gasteiger partial charge on any atom is -0.258 e. The second-order valence-electron chi connectivity index (χ2n) is 2.11. The van der Waals surface area contributed by atoms with E-state index in [1.165, 1.54) is 0 Å². The summed E-state index contributed by atoms with van der Waals surface area (Å²) in [5.74, 6) is -0.814. The van der Waals surface area contributed by atoms with Crippen LogP contribution in [0.25, 0.3) is 0 Å². The van der Waals surface area contributed by atoms with Crippen molar-refractivity contribution in [3.63, 3.8) is 0 Å². The first-order valence-electron chi connectivity index (χ1n) is 2.93. The van der Waals surface area contributed by atoms with E-state index in [2.05, 4.69) is 6.07 Å². The Morgan fingerprint density at radius 1 is 1.73 bits per heavy atom. The number of nitrogens with zero attached hydrogens (tertiary/aromatic N) is 1. The molecule has 1 aromatic rings. The molecule has 57 valence electrons.